The molecule has 0 aliphatic rings. The van der Waals surface area contributed by atoms with Crippen LogP contribution in [0.3, 0.4) is 0 Å². The van der Waals surface area contributed by atoms with Crippen molar-refractivity contribution < 1.29 is 4.74 Å². The van der Waals surface area contributed by atoms with Gasteiger partial charge in [0.25, 0.3) is 0 Å². The average Bonchev–Trinajstić information content (AvgIpc) is 2.69. The van der Waals surface area contributed by atoms with E-state index in [0.29, 0.717) is 5.95 Å². The lowest BCUT2D eigenvalue weighted by atomic mass is 10.1. The maximum atomic E-state index is 6.01. The van der Waals surface area contributed by atoms with Crippen LogP contribution in [-0.4, -0.2) is 30.2 Å². The molecule has 5 nitrogen and oxygen atoms in total. The van der Waals surface area contributed by atoms with Crippen molar-refractivity contribution in [1.82, 2.24) is 9.97 Å². The molecule has 0 unspecified atom stereocenters. The number of halogens is 1. The second kappa shape index (κ2) is 9.78. The Bertz CT molecular complexity index is 855. The summed E-state index contributed by atoms with van der Waals surface area (Å²) < 4.78 is 5.17. The van der Waals surface area contributed by atoms with Crippen molar-refractivity contribution in [2.24, 2.45) is 0 Å². The van der Waals surface area contributed by atoms with Crippen LogP contribution in [0.4, 0.5) is 11.8 Å². The molecule has 2 N–H and O–H groups in total. The van der Waals surface area contributed by atoms with Gasteiger partial charge in [0.05, 0.1) is 7.11 Å². The summed E-state index contributed by atoms with van der Waals surface area (Å²) in [5.74, 6) is 2.29. The zero-order chi connectivity index (χ0) is 18.9. The molecule has 0 atom stereocenters. The Morgan fingerprint density at radius 1 is 0.926 bits per heavy atom. The predicted octanol–water partition coefficient (Wildman–Crippen LogP) is 4.45. The van der Waals surface area contributed by atoms with Crippen LogP contribution in [-0.2, 0) is 12.8 Å². The van der Waals surface area contributed by atoms with Crippen molar-refractivity contribution in [2.75, 3.05) is 30.8 Å². The van der Waals surface area contributed by atoms with Gasteiger partial charge in [0, 0.05) is 24.3 Å². The topological polar surface area (TPSA) is 59.1 Å². The van der Waals surface area contributed by atoms with Gasteiger partial charge in [-0.05, 0) is 54.3 Å². The maximum absolute atomic E-state index is 6.01. The fourth-order valence-corrected chi connectivity index (χ4v) is 2.89. The highest BCUT2D eigenvalue weighted by molar-refractivity contribution is 6.30. The minimum absolute atomic E-state index is 0.622. The van der Waals surface area contributed by atoms with Crippen LogP contribution < -0.4 is 15.4 Å². The molecule has 0 bridgehead atoms. The van der Waals surface area contributed by atoms with E-state index in [0.717, 1.165) is 42.5 Å². The summed E-state index contributed by atoms with van der Waals surface area (Å²) in [5, 5.41) is 7.35. The summed E-state index contributed by atoms with van der Waals surface area (Å²) in [6.45, 7) is 1.54. The van der Waals surface area contributed by atoms with Gasteiger partial charge in [0.15, 0.2) is 0 Å². The molecule has 0 aliphatic carbocycles. The van der Waals surface area contributed by atoms with Crippen LogP contribution in [0.5, 0.6) is 5.75 Å². The number of hydrogen-bond acceptors (Lipinski definition) is 5. The molecule has 0 aliphatic heterocycles. The summed E-state index contributed by atoms with van der Waals surface area (Å²) >= 11 is 6.01. The van der Waals surface area contributed by atoms with Crippen LogP contribution in [0.2, 0.25) is 5.02 Å². The molecule has 0 saturated heterocycles. The number of rotatable bonds is 9. The van der Waals surface area contributed by atoms with E-state index in [1.807, 2.05) is 36.4 Å². The Kier molecular flexibility index (Phi) is 6.88. The van der Waals surface area contributed by atoms with Gasteiger partial charge in [-0.1, -0.05) is 35.9 Å². The second-order valence-corrected chi connectivity index (χ2v) is 6.53. The number of nitrogens with zero attached hydrogens (tertiary/aromatic N) is 2. The van der Waals surface area contributed by atoms with E-state index < -0.39 is 0 Å². The third kappa shape index (κ3) is 6.15. The first-order valence-electron chi connectivity index (χ1n) is 8.91. The van der Waals surface area contributed by atoms with Gasteiger partial charge in [0.1, 0.15) is 11.6 Å². The van der Waals surface area contributed by atoms with E-state index in [9.17, 15) is 0 Å². The van der Waals surface area contributed by atoms with E-state index in [-0.39, 0.29) is 0 Å². The molecule has 0 amide bonds. The van der Waals surface area contributed by atoms with Crippen LogP contribution in [0.15, 0.2) is 60.8 Å². The van der Waals surface area contributed by atoms with Gasteiger partial charge < -0.3 is 15.4 Å². The lowest BCUT2D eigenvalue weighted by molar-refractivity contribution is 0.414. The second-order valence-electron chi connectivity index (χ2n) is 6.10. The summed E-state index contributed by atoms with van der Waals surface area (Å²) in [6, 6.07) is 17.8. The van der Waals surface area contributed by atoms with Crippen molar-refractivity contribution in [3.05, 3.63) is 76.9 Å². The van der Waals surface area contributed by atoms with Crippen LogP contribution >= 0.6 is 11.6 Å². The molecule has 6 heteroatoms. The third-order valence-corrected chi connectivity index (χ3v) is 4.36. The largest absolute Gasteiger partial charge is 0.497 e. The van der Waals surface area contributed by atoms with E-state index in [2.05, 4.69) is 38.8 Å². The van der Waals surface area contributed by atoms with Gasteiger partial charge in [-0.25, -0.2) is 4.98 Å². The molecule has 0 saturated carbocycles. The highest BCUT2D eigenvalue weighted by atomic mass is 35.5. The molecule has 3 aromatic rings. The van der Waals surface area contributed by atoms with E-state index in [1.165, 1.54) is 11.1 Å². The minimum atomic E-state index is 0.622. The minimum Gasteiger partial charge on any atom is -0.497 e. The zero-order valence-electron chi connectivity index (χ0n) is 15.3. The van der Waals surface area contributed by atoms with Crippen LogP contribution in [0.25, 0.3) is 0 Å². The summed E-state index contributed by atoms with van der Waals surface area (Å²) in [5.41, 5.74) is 2.43. The number of ether oxygens (including phenoxy) is 1. The molecule has 1 heterocycles. The Morgan fingerprint density at radius 3 is 2.48 bits per heavy atom. The number of methoxy groups -OCH3 is 1. The first-order chi connectivity index (χ1) is 13.2. The number of anilines is 2. The number of nitrogens with one attached hydrogen (secondary N) is 2. The monoisotopic (exact) mass is 382 g/mol. The van der Waals surface area contributed by atoms with E-state index in [4.69, 9.17) is 16.3 Å². The van der Waals surface area contributed by atoms with Gasteiger partial charge in [-0.2, -0.15) is 4.98 Å². The Balaban J connectivity index is 1.45. The lowest BCUT2D eigenvalue weighted by Crippen LogP contribution is -2.11. The molecule has 0 radical (unpaired) electrons. The van der Waals surface area contributed by atoms with E-state index >= 15 is 0 Å². The molecule has 1 aromatic heterocycles. The predicted molar refractivity (Wildman–Crippen MR) is 111 cm³/mol. The van der Waals surface area contributed by atoms with Crippen molar-refractivity contribution >= 4 is 23.4 Å². The average molecular weight is 383 g/mol. The molecular weight excluding hydrogens is 360 g/mol. The van der Waals surface area contributed by atoms with Crippen molar-refractivity contribution in [2.45, 2.75) is 12.8 Å². The fourth-order valence-electron chi connectivity index (χ4n) is 2.68. The van der Waals surface area contributed by atoms with Crippen molar-refractivity contribution in [3.8, 4) is 5.75 Å². The van der Waals surface area contributed by atoms with Gasteiger partial charge in [-0.3, -0.25) is 0 Å². The Hall–Kier alpha value is -2.79. The summed E-state index contributed by atoms with van der Waals surface area (Å²) in [7, 11) is 1.67. The number of benzene rings is 2. The first-order valence-corrected chi connectivity index (χ1v) is 9.29. The molecular formula is C21H23ClN4O. The van der Waals surface area contributed by atoms with Crippen molar-refractivity contribution in [1.29, 1.82) is 0 Å². The zero-order valence-corrected chi connectivity index (χ0v) is 16.0. The SMILES string of the molecule is COc1ccc(CCNc2nccc(NCCc3cccc(Cl)c3)n2)cc1. The van der Waals surface area contributed by atoms with Crippen LogP contribution in [0.1, 0.15) is 11.1 Å². The van der Waals surface area contributed by atoms with Gasteiger partial charge in [-0.15, -0.1) is 0 Å². The molecule has 140 valence electrons. The van der Waals surface area contributed by atoms with Crippen LogP contribution in [0, 0.1) is 0 Å². The van der Waals surface area contributed by atoms with E-state index in [1.54, 1.807) is 13.3 Å². The molecule has 2 aromatic carbocycles. The highest BCUT2D eigenvalue weighted by Gasteiger charge is 2.01. The Morgan fingerprint density at radius 2 is 1.70 bits per heavy atom. The highest BCUT2D eigenvalue weighted by Crippen LogP contribution is 2.13. The number of aromatic nitrogens is 2. The summed E-state index contributed by atoms with van der Waals surface area (Å²) in [4.78, 5) is 8.78. The summed E-state index contributed by atoms with van der Waals surface area (Å²) in [6.07, 6.45) is 3.52. The van der Waals surface area contributed by atoms with Gasteiger partial charge in [0.2, 0.25) is 5.95 Å². The molecule has 27 heavy (non-hydrogen) atoms. The fraction of sp³-hybridized carbons (Fsp3) is 0.238. The first kappa shape index (κ1) is 19.0. The molecule has 0 spiro atoms. The molecule has 0 fully saturated rings. The lowest BCUT2D eigenvalue weighted by Gasteiger charge is -2.09. The maximum Gasteiger partial charge on any atom is 0.224 e. The molecule has 3 rings (SSSR count). The quantitative estimate of drug-likeness (QED) is 0.572. The standard InChI is InChI=1S/C21H23ClN4O/c1-27-19-7-5-16(6-8-19)9-13-24-21-25-14-11-20(26-21)23-12-10-17-3-2-4-18(22)15-17/h2-8,11,14-15H,9-10,12-13H2,1H3,(H2,23,24,25,26). The number of hydrogen-bond donors (Lipinski definition) is 2. The normalized spacial score (nSPS) is 10.4. The van der Waals surface area contributed by atoms with Gasteiger partial charge >= 0.3 is 0 Å². The smallest absolute Gasteiger partial charge is 0.224 e. The van der Waals surface area contributed by atoms with Crippen molar-refractivity contribution in [3.63, 3.8) is 0 Å². The Labute approximate surface area is 164 Å². The third-order valence-electron chi connectivity index (χ3n) is 4.12.